The third-order valence-electron chi connectivity index (χ3n) is 6.19. The van der Waals surface area contributed by atoms with Crippen molar-refractivity contribution in [1.29, 1.82) is 0 Å². The highest BCUT2D eigenvalue weighted by Gasteiger charge is 2.28. The molecule has 9 nitrogen and oxygen atoms in total. The van der Waals surface area contributed by atoms with Gasteiger partial charge in [-0.25, -0.2) is 18.7 Å². The van der Waals surface area contributed by atoms with Gasteiger partial charge < -0.3 is 14.8 Å². The number of aryl methyl sites for hydroxylation is 1. The number of amides is 1. The van der Waals surface area contributed by atoms with E-state index in [1.54, 1.807) is 52.1 Å². The third-order valence-corrected chi connectivity index (χ3v) is 6.19. The van der Waals surface area contributed by atoms with Gasteiger partial charge >= 0.3 is 5.97 Å². The Morgan fingerprint density at radius 1 is 0.925 bits per heavy atom. The van der Waals surface area contributed by atoms with Gasteiger partial charge in [-0.2, -0.15) is 5.10 Å². The summed E-state index contributed by atoms with van der Waals surface area (Å²) in [6, 6.07) is 12.7. The molecule has 208 valence electrons. The zero-order chi connectivity index (χ0) is 29.0. The molecular formula is C29H29F2N5O4. The van der Waals surface area contributed by atoms with Gasteiger partial charge in [-0.05, 0) is 42.3 Å². The number of benzene rings is 2. The smallest absolute Gasteiger partial charge is 0.313 e. The first kappa shape index (κ1) is 28.3. The van der Waals surface area contributed by atoms with Crippen molar-refractivity contribution < 1.29 is 27.8 Å². The minimum atomic E-state index is -0.650. The number of pyridine rings is 1. The zero-order valence-electron chi connectivity index (χ0n) is 22.7. The van der Waals surface area contributed by atoms with Crippen LogP contribution in [-0.2, 0) is 11.8 Å². The molecule has 1 amide bonds. The Labute approximate surface area is 230 Å². The second-order valence-corrected chi connectivity index (χ2v) is 9.45. The molecule has 2 aromatic heterocycles. The number of esters is 1. The summed E-state index contributed by atoms with van der Waals surface area (Å²) in [5.41, 5.74) is 1.29. The van der Waals surface area contributed by atoms with Crippen molar-refractivity contribution in [3.8, 4) is 11.5 Å². The topological polar surface area (TPSA) is 108 Å². The Hall–Kier alpha value is -4.67. The molecule has 0 spiro atoms. The van der Waals surface area contributed by atoms with Gasteiger partial charge in [0.25, 0.3) is 5.91 Å². The van der Waals surface area contributed by atoms with Crippen molar-refractivity contribution in [1.82, 2.24) is 25.1 Å². The van der Waals surface area contributed by atoms with Crippen LogP contribution in [0.15, 0.2) is 60.8 Å². The molecule has 0 unspecified atom stereocenters. The van der Waals surface area contributed by atoms with E-state index in [0.29, 0.717) is 22.8 Å². The van der Waals surface area contributed by atoms with E-state index in [0.717, 1.165) is 0 Å². The van der Waals surface area contributed by atoms with Crippen LogP contribution in [0.3, 0.4) is 0 Å². The summed E-state index contributed by atoms with van der Waals surface area (Å²) in [6.07, 6.45) is 1.38. The molecule has 4 rings (SSSR count). The van der Waals surface area contributed by atoms with Crippen molar-refractivity contribution in [3.63, 3.8) is 0 Å². The van der Waals surface area contributed by atoms with E-state index in [4.69, 9.17) is 14.5 Å². The van der Waals surface area contributed by atoms with Crippen molar-refractivity contribution in [2.24, 2.45) is 13.0 Å². The van der Waals surface area contributed by atoms with Gasteiger partial charge in [0.05, 0.1) is 25.0 Å². The van der Waals surface area contributed by atoms with Gasteiger partial charge in [0.2, 0.25) is 5.75 Å². The number of nitrogens with one attached hydrogen (secondary N) is 1. The van der Waals surface area contributed by atoms with Crippen molar-refractivity contribution in [2.75, 3.05) is 7.11 Å². The van der Waals surface area contributed by atoms with Gasteiger partial charge in [0.1, 0.15) is 17.5 Å². The fraction of sp³-hybridized carbons (Fsp3) is 0.276. The van der Waals surface area contributed by atoms with Gasteiger partial charge in [0, 0.05) is 19.3 Å². The van der Waals surface area contributed by atoms with Crippen LogP contribution in [0.5, 0.6) is 11.5 Å². The number of rotatable bonds is 9. The van der Waals surface area contributed by atoms with Crippen LogP contribution in [-0.4, -0.2) is 38.7 Å². The van der Waals surface area contributed by atoms with Gasteiger partial charge in [-0.1, -0.05) is 38.1 Å². The molecule has 0 aliphatic carbocycles. The van der Waals surface area contributed by atoms with Crippen LogP contribution < -0.4 is 14.8 Å². The first-order chi connectivity index (χ1) is 19.1. The van der Waals surface area contributed by atoms with Crippen LogP contribution >= 0.6 is 0 Å². The second-order valence-electron chi connectivity index (χ2n) is 9.45. The Kier molecular flexibility index (Phi) is 8.52. The molecule has 40 heavy (non-hydrogen) atoms. The summed E-state index contributed by atoms with van der Waals surface area (Å²) in [7, 11) is 3.08. The Morgan fingerprint density at radius 3 is 2.02 bits per heavy atom. The van der Waals surface area contributed by atoms with E-state index in [1.807, 2.05) is 0 Å². The summed E-state index contributed by atoms with van der Waals surface area (Å²) in [5, 5.41) is 7.40. The highest BCUT2D eigenvalue weighted by molar-refractivity contribution is 5.96. The van der Waals surface area contributed by atoms with E-state index >= 15 is 0 Å². The number of carbonyl (C=O) groups is 2. The van der Waals surface area contributed by atoms with Crippen molar-refractivity contribution in [3.05, 3.63) is 101 Å². The maximum atomic E-state index is 13.7. The van der Waals surface area contributed by atoms with Crippen LogP contribution in [0.2, 0.25) is 0 Å². The molecule has 0 aliphatic rings. The van der Waals surface area contributed by atoms with E-state index < -0.39 is 41.4 Å². The normalized spacial score (nSPS) is 11.9. The van der Waals surface area contributed by atoms with Crippen molar-refractivity contribution in [2.45, 2.75) is 32.7 Å². The highest BCUT2D eigenvalue weighted by Crippen LogP contribution is 2.32. The maximum absolute atomic E-state index is 13.7. The quantitative estimate of drug-likeness (QED) is 0.301. The van der Waals surface area contributed by atoms with Crippen LogP contribution in [0.4, 0.5) is 8.78 Å². The number of hydrogen-bond acceptors (Lipinski definition) is 7. The number of carbonyl (C=O) groups excluding carboxylic acids is 2. The fourth-order valence-corrected chi connectivity index (χ4v) is 4.12. The van der Waals surface area contributed by atoms with E-state index in [2.05, 4.69) is 15.4 Å². The molecule has 2 heterocycles. The number of ether oxygens (including phenoxy) is 2. The Bertz CT molecular complexity index is 1460. The molecule has 11 heteroatoms. The summed E-state index contributed by atoms with van der Waals surface area (Å²) in [6.45, 7) is 5.06. The van der Waals surface area contributed by atoms with Crippen molar-refractivity contribution >= 4 is 11.9 Å². The Morgan fingerprint density at radius 2 is 1.50 bits per heavy atom. The van der Waals surface area contributed by atoms with E-state index in [-0.39, 0.29) is 17.2 Å². The number of hydrogen-bond donors (Lipinski definition) is 1. The maximum Gasteiger partial charge on any atom is 0.313 e. The predicted octanol–water partition coefficient (Wildman–Crippen LogP) is 4.73. The predicted molar refractivity (Wildman–Crippen MR) is 142 cm³/mol. The first-order valence-electron chi connectivity index (χ1n) is 12.6. The number of methoxy groups -OCH3 is 1. The lowest BCUT2D eigenvalue weighted by Gasteiger charge is -2.16. The number of halogens is 2. The number of aromatic nitrogens is 4. The largest absolute Gasteiger partial charge is 0.493 e. The zero-order valence-corrected chi connectivity index (χ0v) is 22.7. The first-order valence-corrected chi connectivity index (χ1v) is 12.6. The lowest BCUT2D eigenvalue weighted by molar-refractivity contribution is -0.137. The third kappa shape index (κ3) is 6.14. The lowest BCUT2D eigenvalue weighted by Crippen LogP contribution is -2.30. The van der Waals surface area contributed by atoms with Gasteiger partial charge in [0.15, 0.2) is 17.3 Å². The van der Waals surface area contributed by atoms with Crippen LogP contribution in [0.1, 0.15) is 66.0 Å². The SMILES string of the molecule is COc1ccnc(C(=O)N[C@@H](C)c2nc(C(c3ccc(F)cc3)c3ccc(F)cc3)nn2C)c1OC(=O)C(C)C. The Balaban J connectivity index is 1.65. The summed E-state index contributed by atoms with van der Waals surface area (Å²) in [4.78, 5) is 34.4. The average molecular weight is 550 g/mol. The molecule has 0 radical (unpaired) electrons. The molecule has 0 fully saturated rings. The highest BCUT2D eigenvalue weighted by atomic mass is 19.1. The molecule has 0 saturated carbocycles. The molecule has 1 N–H and O–H groups in total. The summed E-state index contributed by atoms with van der Waals surface area (Å²) >= 11 is 0. The lowest BCUT2D eigenvalue weighted by atomic mass is 9.90. The fourth-order valence-electron chi connectivity index (χ4n) is 4.12. The minimum absolute atomic E-state index is 0.0836. The van der Waals surface area contributed by atoms with Crippen LogP contribution in [0.25, 0.3) is 0 Å². The molecule has 4 aromatic rings. The molecular weight excluding hydrogens is 520 g/mol. The molecule has 0 aliphatic heterocycles. The molecule has 0 saturated heterocycles. The monoisotopic (exact) mass is 549 g/mol. The van der Waals surface area contributed by atoms with E-state index in [1.165, 1.54) is 48.3 Å². The average Bonchev–Trinajstić information content (AvgIpc) is 3.31. The van der Waals surface area contributed by atoms with Gasteiger partial charge in [-0.3, -0.25) is 14.3 Å². The molecule has 1 atom stereocenters. The van der Waals surface area contributed by atoms with Crippen LogP contribution in [0, 0.1) is 17.6 Å². The standard InChI is InChI=1S/C29H29F2N5O4/c1-16(2)29(38)40-25-22(39-5)14-15-32-24(25)28(37)33-17(3)27-34-26(35-36(27)4)23(18-6-10-20(30)11-7-18)19-8-12-21(31)13-9-19/h6-17,23H,1-5H3,(H,33,37)/t17-/m0/s1. The summed E-state index contributed by atoms with van der Waals surface area (Å²) in [5.74, 6) is -2.00. The number of nitrogens with zero attached hydrogens (tertiary/aromatic N) is 4. The van der Waals surface area contributed by atoms with Gasteiger partial charge in [-0.15, -0.1) is 0 Å². The second kappa shape index (κ2) is 12.0. The molecule has 0 bridgehead atoms. The van der Waals surface area contributed by atoms with E-state index in [9.17, 15) is 18.4 Å². The molecule has 2 aromatic carbocycles. The summed E-state index contributed by atoms with van der Waals surface area (Å²) < 4.78 is 39.6. The minimum Gasteiger partial charge on any atom is -0.493 e.